The Labute approximate surface area is 190 Å². The summed E-state index contributed by atoms with van der Waals surface area (Å²) in [6.45, 7) is 2.03. The van der Waals surface area contributed by atoms with Crippen molar-refractivity contribution in [3.05, 3.63) is 114 Å². The number of rotatable bonds is 3. The van der Waals surface area contributed by atoms with Crippen LogP contribution in [0.15, 0.2) is 97.1 Å². The van der Waals surface area contributed by atoms with Gasteiger partial charge >= 0.3 is 5.97 Å². The second-order valence-electron chi connectivity index (χ2n) is 8.60. The molecular weight excluding hydrogens is 412 g/mol. The Morgan fingerprint density at radius 1 is 0.812 bits per heavy atom. The molecule has 2 nitrogen and oxygen atoms in total. The van der Waals surface area contributed by atoms with E-state index in [9.17, 15) is 4.79 Å². The molecular formula is C29H23O2S+. The van der Waals surface area contributed by atoms with Crippen molar-refractivity contribution in [2.24, 2.45) is 0 Å². The third-order valence-electron chi connectivity index (χ3n) is 6.59. The van der Waals surface area contributed by atoms with Gasteiger partial charge in [0.2, 0.25) is 0 Å². The highest BCUT2D eigenvalue weighted by Gasteiger charge is 2.38. The first-order valence-electron chi connectivity index (χ1n) is 11.0. The summed E-state index contributed by atoms with van der Waals surface area (Å²) in [5.74, 6) is -0.254. The number of hydrogen-bond donors (Lipinski definition) is 0. The molecule has 1 aromatic heterocycles. The monoisotopic (exact) mass is 435 g/mol. The van der Waals surface area contributed by atoms with Crippen molar-refractivity contribution in [3.8, 4) is 4.90 Å². The predicted molar refractivity (Wildman–Crippen MR) is 133 cm³/mol. The second-order valence-corrected chi connectivity index (χ2v) is 10.6. The first-order chi connectivity index (χ1) is 15.6. The summed E-state index contributed by atoms with van der Waals surface area (Å²) in [6, 6.07) is 33.5. The minimum atomic E-state index is -0.571. The normalized spacial score (nSPS) is 18.1. The predicted octanol–water partition coefficient (Wildman–Crippen LogP) is 7.75. The topological polar surface area (TPSA) is 26.3 Å². The van der Waals surface area contributed by atoms with E-state index in [2.05, 4.69) is 72.8 Å². The van der Waals surface area contributed by atoms with E-state index in [4.69, 9.17) is 4.74 Å². The van der Waals surface area contributed by atoms with Crippen LogP contribution in [-0.2, 0) is 16.8 Å². The maximum Gasteiger partial charge on any atom is 0.339 e. The lowest BCUT2D eigenvalue weighted by atomic mass is 9.98. The number of fused-ring (bicyclic) bond motifs is 4. The van der Waals surface area contributed by atoms with Crippen LogP contribution in [-0.4, -0.2) is 5.97 Å². The molecule has 0 spiro atoms. The molecule has 0 saturated carbocycles. The summed E-state index contributed by atoms with van der Waals surface area (Å²) >= 11 is 0. The lowest BCUT2D eigenvalue weighted by Gasteiger charge is -2.26. The third kappa shape index (κ3) is 2.96. The zero-order valence-corrected chi connectivity index (χ0v) is 18.7. The molecule has 0 N–H and O–H groups in total. The molecule has 3 heteroatoms. The van der Waals surface area contributed by atoms with Gasteiger partial charge in [-0.25, -0.2) is 4.79 Å². The molecule has 1 heterocycles. The summed E-state index contributed by atoms with van der Waals surface area (Å²) in [5.41, 5.74) is 2.45. The molecule has 5 aromatic rings. The molecule has 0 radical (unpaired) electrons. The molecule has 0 aliphatic heterocycles. The first kappa shape index (κ1) is 19.3. The van der Waals surface area contributed by atoms with Gasteiger partial charge in [-0.05, 0) is 73.4 Å². The molecule has 32 heavy (non-hydrogen) atoms. The van der Waals surface area contributed by atoms with Crippen LogP contribution in [0.25, 0.3) is 25.1 Å². The Morgan fingerprint density at radius 3 is 2.41 bits per heavy atom. The highest BCUT2D eigenvalue weighted by Crippen LogP contribution is 2.48. The summed E-state index contributed by atoms with van der Waals surface area (Å²) in [7, 11) is -0.156. The van der Waals surface area contributed by atoms with Gasteiger partial charge in [0.1, 0.15) is 5.60 Å². The highest BCUT2D eigenvalue weighted by molar-refractivity contribution is 7.50. The molecule has 0 bridgehead atoms. The van der Waals surface area contributed by atoms with E-state index in [-0.39, 0.29) is 16.4 Å². The second kappa shape index (κ2) is 7.32. The average molecular weight is 436 g/mol. The fourth-order valence-corrected chi connectivity index (χ4v) is 7.35. The fourth-order valence-electron chi connectivity index (χ4n) is 4.97. The summed E-state index contributed by atoms with van der Waals surface area (Å²) < 4.78 is 8.72. The largest absolute Gasteiger partial charge is 0.451 e. The highest BCUT2D eigenvalue weighted by atomic mass is 32.2. The zero-order valence-electron chi connectivity index (χ0n) is 17.9. The zero-order chi connectivity index (χ0) is 21.7. The van der Waals surface area contributed by atoms with Gasteiger partial charge in [-0.2, -0.15) is 0 Å². The van der Waals surface area contributed by atoms with Crippen molar-refractivity contribution in [2.45, 2.75) is 25.4 Å². The van der Waals surface area contributed by atoms with Gasteiger partial charge in [0.15, 0.2) is 14.3 Å². The van der Waals surface area contributed by atoms with E-state index >= 15 is 0 Å². The van der Waals surface area contributed by atoms with Crippen LogP contribution in [0.3, 0.4) is 0 Å². The van der Waals surface area contributed by atoms with Crippen molar-refractivity contribution in [3.63, 3.8) is 0 Å². The smallest absolute Gasteiger partial charge is 0.339 e. The number of aryl methyl sites for hydroxylation is 1. The van der Waals surface area contributed by atoms with E-state index in [0.717, 1.165) is 23.8 Å². The summed E-state index contributed by atoms with van der Waals surface area (Å²) in [5, 5.41) is 2.35. The minimum Gasteiger partial charge on any atom is -0.451 e. The van der Waals surface area contributed by atoms with Gasteiger partial charge in [-0.15, -0.1) is 0 Å². The van der Waals surface area contributed by atoms with Gasteiger partial charge in [0.05, 0.1) is 5.56 Å². The van der Waals surface area contributed by atoms with Crippen molar-refractivity contribution in [1.29, 1.82) is 0 Å². The molecule has 4 aromatic carbocycles. The van der Waals surface area contributed by atoms with Crippen molar-refractivity contribution < 1.29 is 9.53 Å². The van der Waals surface area contributed by atoms with Gasteiger partial charge in [0, 0.05) is 21.2 Å². The molecule has 0 saturated heterocycles. The third-order valence-corrected chi connectivity index (χ3v) is 8.92. The van der Waals surface area contributed by atoms with Crippen LogP contribution in [0.2, 0.25) is 0 Å². The number of carbonyl (C=O) groups excluding carboxylic acids is 1. The Kier molecular flexibility index (Phi) is 4.41. The summed E-state index contributed by atoms with van der Waals surface area (Å²) in [6.07, 6.45) is 1.76. The van der Waals surface area contributed by atoms with E-state index in [1.54, 1.807) is 0 Å². The minimum absolute atomic E-state index is 0.156. The number of esters is 1. The lowest BCUT2D eigenvalue weighted by molar-refractivity contribution is -0.0111. The van der Waals surface area contributed by atoms with Crippen LogP contribution in [0.5, 0.6) is 0 Å². The molecule has 0 fully saturated rings. The first-order valence-corrected chi connectivity index (χ1v) is 12.2. The van der Waals surface area contributed by atoms with Crippen molar-refractivity contribution in [2.75, 3.05) is 0 Å². The standard InChI is InChI=1S/C29H23O2S/c1-29(18-17-20-9-5-7-13-25(20)29)31-28(30)21-15-16-27-24(19-21)23-12-6-8-14-26(23)32(27)22-10-3-2-4-11-22/h2-16,19H,17-18H2,1H3/q+1. The van der Waals surface area contributed by atoms with Gasteiger partial charge in [-0.3, -0.25) is 0 Å². The number of carbonyl (C=O) groups is 1. The lowest BCUT2D eigenvalue weighted by Crippen LogP contribution is -2.26. The Morgan fingerprint density at radius 2 is 1.53 bits per heavy atom. The molecule has 1 aliphatic carbocycles. The van der Waals surface area contributed by atoms with Crippen molar-refractivity contribution >= 4 is 36.6 Å². The average Bonchev–Trinajstić information content (AvgIpc) is 3.34. The van der Waals surface area contributed by atoms with E-state index < -0.39 is 5.60 Å². The van der Waals surface area contributed by atoms with E-state index in [0.29, 0.717) is 5.56 Å². The Bertz CT molecular complexity index is 1480. The maximum atomic E-state index is 13.3. The van der Waals surface area contributed by atoms with Gasteiger partial charge < -0.3 is 4.74 Å². The van der Waals surface area contributed by atoms with Crippen LogP contribution in [0.1, 0.15) is 34.8 Å². The van der Waals surface area contributed by atoms with Gasteiger partial charge in [-0.1, -0.05) is 54.6 Å². The Balaban J connectivity index is 1.44. The van der Waals surface area contributed by atoms with E-state index in [1.165, 1.54) is 25.2 Å². The SMILES string of the molecule is CC1(OC(=O)c2ccc3c(c2)c2ccccc2[s+]3-c2ccccc2)CCc2ccccc21. The van der Waals surface area contributed by atoms with Crippen LogP contribution in [0.4, 0.5) is 0 Å². The molecule has 6 rings (SSSR count). The molecule has 1 aliphatic rings. The maximum absolute atomic E-state index is 13.3. The van der Waals surface area contributed by atoms with E-state index in [1.807, 2.05) is 31.2 Å². The number of hydrogen-bond acceptors (Lipinski definition) is 2. The van der Waals surface area contributed by atoms with Crippen LogP contribution in [0, 0.1) is 0 Å². The fraction of sp³-hybridized carbons (Fsp3) is 0.138. The number of ether oxygens (including phenoxy) is 1. The molecule has 2 atom stereocenters. The summed E-state index contributed by atoms with van der Waals surface area (Å²) in [4.78, 5) is 14.6. The quantitative estimate of drug-likeness (QED) is 0.214. The molecule has 2 unspecified atom stereocenters. The van der Waals surface area contributed by atoms with Crippen molar-refractivity contribution in [1.82, 2.24) is 0 Å². The van der Waals surface area contributed by atoms with Crippen LogP contribution < -0.4 is 0 Å². The molecule has 156 valence electrons. The van der Waals surface area contributed by atoms with Gasteiger partial charge in [0.25, 0.3) is 0 Å². The number of thiophene rings is 1. The number of benzene rings is 4. The van der Waals surface area contributed by atoms with Crippen LogP contribution >= 0.6 is 10.5 Å². The Hall–Kier alpha value is -3.43. The molecule has 0 amide bonds.